The Balaban J connectivity index is 1.51. The van der Waals surface area contributed by atoms with Gasteiger partial charge in [0.1, 0.15) is 0 Å². The summed E-state index contributed by atoms with van der Waals surface area (Å²) in [5.41, 5.74) is 2.69. The number of aryl methyl sites for hydroxylation is 1. The van der Waals surface area contributed by atoms with E-state index in [0.29, 0.717) is 5.92 Å². The molecule has 0 radical (unpaired) electrons. The molecule has 1 saturated carbocycles. The summed E-state index contributed by atoms with van der Waals surface area (Å²) in [5, 5.41) is 10.1. The average Bonchev–Trinajstić information content (AvgIpc) is 2.50. The van der Waals surface area contributed by atoms with E-state index in [1.54, 1.807) is 0 Å². The molecule has 0 bridgehead atoms. The molecule has 1 saturated heterocycles. The van der Waals surface area contributed by atoms with Crippen molar-refractivity contribution in [3.63, 3.8) is 0 Å². The van der Waals surface area contributed by atoms with Gasteiger partial charge >= 0.3 is 0 Å². The zero-order valence-corrected chi connectivity index (χ0v) is 13.2. The molecule has 1 aromatic carbocycles. The molecule has 1 aromatic rings. The molecule has 1 aliphatic carbocycles. The van der Waals surface area contributed by atoms with Crippen LogP contribution < -0.4 is 4.90 Å². The fraction of sp³-hybridized carbons (Fsp3) is 0.667. The standard InChI is InChI=1S/C18H28N2O/c1-15-5-4-7-17(13-15)20-11-9-19(10-12-20)14-16-6-2-3-8-18(16)21/h4-5,7,13,16,18,21H,2-3,6,8-12,14H2,1H3. The predicted molar refractivity (Wildman–Crippen MR) is 87.8 cm³/mol. The predicted octanol–water partition coefficient (Wildman–Crippen LogP) is 2.67. The van der Waals surface area contributed by atoms with Crippen molar-refractivity contribution in [3.8, 4) is 0 Å². The van der Waals surface area contributed by atoms with Crippen LogP contribution in [-0.2, 0) is 0 Å². The van der Waals surface area contributed by atoms with Crippen LogP contribution in [-0.4, -0.2) is 48.8 Å². The van der Waals surface area contributed by atoms with E-state index in [9.17, 15) is 5.11 Å². The van der Waals surface area contributed by atoms with Gasteiger partial charge in [0, 0.05) is 38.4 Å². The Bertz CT molecular complexity index is 454. The number of aliphatic hydroxyl groups excluding tert-OH is 1. The maximum absolute atomic E-state index is 10.1. The third-order valence-corrected chi connectivity index (χ3v) is 5.10. The molecule has 2 atom stereocenters. The summed E-state index contributed by atoms with van der Waals surface area (Å²) >= 11 is 0. The van der Waals surface area contributed by atoms with Crippen LogP contribution in [0.25, 0.3) is 0 Å². The fourth-order valence-corrected chi connectivity index (χ4v) is 3.75. The molecular weight excluding hydrogens is 260 g/mol. The molecule has 2 aliphatic rings. The number of piperazine rings is 1. The van der Waals surface area contributed by atoms with Crippen LogP contribution in [0.15, 0.2) is 24.3 Å². The van der Waals surface area contributed by atoms with Gasteiger partial charge in [0.25, 0.3) is 0 Å². The van der Waals surface area contributed by atoms with Crippen molar-refractivity contribution in [2.75, 3.05) is 37.6 Å². The minimum absolute atomic E-state index is 0.0615. The molecule has 2 fully saturated rings. The van der Waals surface area contributed by atoms with Crippen LogP contribution in [0.3, 0.4) is 0 Å². The molecular formula is C18H28N2O. The molecule has 3 heteroatoms. The average molecular weight is 288 g/mol. The van der Waals surface area contributed by atoms with E-state index in [1.165, 1.54) is 30.5 Å². The Morgan fingerprint density at radius 3 is 2.57 bits per heavy atom. The third-order valence-electron chi connectivity index (χ3n) is 5.10. The van der Waals surface area contributed by atoms with Crippen molar-refractivity contribution < 1.29 is 5.11 Å². The lowest BCUT2D eigenvalue weighted by molar-refractivity contribution is 0.0453. The van der Waals surface area contributed by atoms with E-state index < -0.39 is 0 Å². The van der Waals surface area contributed by atoms with Gasteiger partial charge in [-0.05, 0) is 43.4 Å². The minimum atomic E-state index is -0.0615. The molecule has 116 valence electrons. The summed E-state index contributed by atoms with van der Waals surface area (Å²) in [5.74, 6) is 0.504. The van der Waals surface area contributed by atoms with Crippen molar-refractivity contribution in [1.82, 2.24) is 4.90 Å². The number of rotatable bonds is 3. The summed E-state index contributed by atoms with van der Waals surface area (Å²) < 4.78 is 0. The summed E-state index contributed by atoms with van der Waals surface area (Å²) in [6.07, 6.45) is 4.66. The molecule has 1 heterocycles. The van der Waals surface area contributed by atoms with E-state index in [4.69, 9.17) is 0 Å². The topological polar surface area (TPSA) is 26.7 Å². The van der Waals surface area contributed by atoms with Crippen LogP contribution in [0, 0.1) is 12.8 Å². The SMILES string of the molecule is Cc1cccc(N2CCN(CC3CCCCC3O)CC2)c1. The first-order valence-corrected chi connectivity index (χ1v) is 8.44. The summed E-state index contributed by atoms with van der Waals surface area (Å²) in [6.45, 7) is 7.69. The van der Waals surface area contributed by atoms with E-state index in [0.717, 1.165) is 39.1 Å². The van der Waals surface area contributed by atoms with Gasteiger partial charge in [-0.25, -0.2) is 0 Å². The Kier molecular flexibility index (Phi) is 4.81. The van der Waals surface area contributed by atoms with Gasteiger partial charge < -0.3 is 10.0 Å². The number of aliphatic hydroxyl groups is 1. The minimum Gasteiger partial charge on any atom is -0.393 e. The second-order valence-corrected chi connectivity index (χ2v) is 6.74. The normalized spacial score (nSPS) is 27.8. The van der Waals surface area contributed by atoms with Crippen LogP contribution in [0.2, 0.25) is 0 Å². The number of anilines is 1. The van der Waals surface area contributed by atoms with Crippen LogP contribution in [0.1, 0.15) is 31.2 Å². The number of nitrogens with zero attached hydrogens (tertiary/aromatic N) is 2. The highest BCUT2D eigenvalue weighted by Crippen LogP contribution is 2.26. The van der Waals surface area contributed by atoms with Gasteiger partial charge in [-0.1, -0.05) is 25.0 Å². The highest BCUT2D eigenvalue weighted by molar-refractivity contribution is 5.48. The van der Waals surface area contributed by atoms with Crippen molar-refractivity contribution in [1.29, 1.82) is 0 Å². The molecule has 3 nitrogen and oxygen atoms in total. The fourth-order valence-electron chi connectivity index (χ4n) is 3.75. The molecule has 21 heavy (non-hydrogen) atoms. The molecule has 1 N–H and O–H groups in total. The lowest BCUT2D eigenvalue weighted by atomic mass is 9.86. The van der Waals surface area contributed by atoms with Crippen molar-refractivity contribution in [3.05, 3.63) is 29.8 Å². The van der Waals surface area contributed by atoms with Gasteiger partial charge in [0.15, 0.2) is 0 Å². The first kappa shape index (κ1) is 14.9. The Morgan fingerprint density at radius 1 is 1.10 bits per heavy atom. The Labute approximate surface area is 128 Å². The van der Waals surface area contributed by atoms with Gasteiger partial charge in [-0.2, -0.15) is 0 Å². The monoisotopic (exact) mass is 288 g/mol. The Morgan fingerprint density at radius 2 is 1.86 bits per heavy atom. The number of hydrogen-bond donors (Lipinski definition) is 1. The highest BCUT2D eigenvalue weighted by atomic mass is 16.3. The molecule has 0 spiro atoms. The van der Waals surface area contributed by atoms with Gasteiger partial charge in [-0.3, -0.25) is 4.90 Å². The van der Waals surface area contributed by atoms with E-state index in [-0.39, 0.29) is 6.10 Å². The van der Waals surface area contributed by atoms with Gasteiger partial charge in [0.05, 0.1) is 6.10 Å². The third kappa shape index (κ3) is 3.78. The largest absolute Gasteiger partial charge is 0.393 e. The second-order valence-electron chi connectivity index (χ2n) is 6.74. The van der Waals surface area contributed by atoms with Crippen LogP contribution in [0.4, 0.5) is 5.69 Å². The number of hydrogen-bond acceptors (Lipinski definition) is 3. The maximum atomic E-state index is 10.1. The zero-order chi connectivity index (χ0) is 14.7. The van der Waals surface area contributed by atoms with E-state index in [1.807, 2.05) is 0 Å². The Hall–Kier alpha value is -1.06. The lowest BCUT2D eigenvalue weighted by Gasteiger charge is -2.39. The lowest BCUT2D eigenvalue weighted by Crippen LogP contribution is -2.49. The summed E-state index contributed by atoms with van der Waals surface area (Å²) in [7, 11) is 0. The van der Waals surface area contributed by atoms with Gasteiger partial charge in [-0.15, -0.1) is 0 Å². The second kappa shape index (κ2) is 6.80. The van der Waals surface area contributed by atoms with E-state index in [2.05, 4.69) is 41.0 Å². The summed E-state index contributed by atoms with van der Waals surface area (Å²) in [6, 6.07) is 8.80. The van der Waals surface area contributed by atoms with Crippen LogP contribution >= 0.6 is 0 Å². The van der Waals surface area contributed by atoms with Crippen molar-refractivity contribution >= 4 is 5.69 Å². The molecule has 3 rings (SSSR count). The molecule has 1 aliphatic heterocycles. The molecule has 2 unspecified atom stereocenters. The molecule has 0 amide bonds. The van der Waals surface area contributed by atoms with E-state index >= 15 is 0 Å². The van der Waals surface area contributed by atoms with Crippen molar-refractivity contribution in [2.24, 2.45) is 5.92 Å². The quantitative estimate of drug-likeness (QED) is 0.926. The summed E-state index contributed by atoms with van der Waals surface area (Å²) in [4.78, 5) is 5.03. The van der Waals surface area contributed by atoms with Gasteiger partial charge in [0.2, 0.25) is 0 Å². The zero-order valence-electron chi connectivity index (χ0n) is 13.2. The molecule has 0 aromatic heterocycles. The maximum Gasteiger partial charge on any atom is 0.0580 e. The van der Waals surface area contributed by atoms with Crippen molar-refractivity contribution in [2.45, 2.75) is 38.7 Å². The first-order valence-electron chi connectivity index (χ1n) is 8.44. The first-order chi connectivity index (χ1) is 10.2. The highest BCUT2D eigenvalue weighted by Gasteiger charge is 2.26. The smallest absolute Gasteiger partial charge is 0.0580 e. The number of benzene rings is 1. The van der Waals surface area contributed by atoms with Crippen LogP contribution in [0.5, 0.6) is 0 Å².